The van der Waals surface area contributed by atoms with Crippen molar-refractivity contribution in [3.8, 4) is 0 Å². The molecule has 1 aromatic heterocycles. The van der Waals surface area contributed by atoms with Crippen molar-refractivity contribution in [1.29, 1.82) is 0 Å². The zero-order valence-corrected chi connectivity index (χ0v) is 11.1. The summed E-state index contributed by atoms with van der Waals surface area (Å²) in [6.45, 7) is 4.15. The van der Waals surface area contributed by atoms with E-state index in [1.807, 2.05) is 13.8 Å². The molecule has 0 fully saturated rings. The fraction of sp³-hybridized carbons (Fsp3) is 0.231. The maximum absolute atomic E-state index is 11.7. The molecule has 0 atom stereocenters. The van der Waals surface area contributed by atoms with Gasteiger partial charge in [0.15, 0.2) is 0 Å². The van der Waals surface area contributed by atoms with Crippen molar-refractivity contribution in [1.82, 2.24) is 4.98 Å². The molecule has 0 radical (unpaired) electrons. The third-order valence-electron chi connectivity index (χ3n) is 2.55. The summed E-state index contributed by atoms with van der Waals surface area (Å²) in [6.07, 6.45) is 0. The number of anilines is 1. The van der Waals surface area contributed by atoms with E-state index in [-0.39, 0.29) is 12.6 Å². The molecule has 0 aliphatic carbocycles. The largest absolute Gasteiger partial charge is 0.455 e. The fourth-order valence-electron chi connectivity index (χ4n) is 1.43. The van der Waals surface area contributed by atoms with Crippen LogP contribution in [-0.2, 0) is 11.3 Å². The maximum atomic E-state index is 11.7. The van der Waals surface area contributed by atoms with E-state index in [4.69, 9.17) is 10.5 Å². The lowest BCUT2D eigenvalue weighted by atomic mass is 10.2. The monoisotopic (exact) mass is 262 g/mol. The predicted molar refractivity (Wildman–Crippen MR) is 71.6 cm³/mol. The molecule has 0 aliphatic rings. The van der Waals surface area contributed by atoms with E-state index in [1.54, 1.807) is 35.6 Å². The number of carbonyl (C=O) groups excluding carboxylic acids is 1. The normalized spacial score (nSPS) is 10.3. The van der Waals surface area contributed by atoms with Gasteiger partial charge in [-0.3, -0.25) is 0 Å². The third-order valence-corrected chi connectivity index (χ3v) is 3.59. The average molecular weight is 262 g/mol. The maximum Gasteiger partial charge on any atom is 0.338 e. The molecule has 0 saturated carbocycles. The molecule has 4 nitrogen and oxygen atoms in total. The second-order valence-electron chi connectivity index (χ2n) is 3.95. The first-order valence-corrected chi connectivity index (χ1v) is 6.33. The minimum Gasteiger partial charge on any atom is -0.455 e. The standard InChI is InChI=1S/C13H14N2O2S/c1-8-9(2)18-12(15-8)7-17-13(16)10-3-5-11(14)6-4-10/h3-6H,7,14H2,1-2H3. The Morgan fingerprint density at radius 1 is 1.33 bits per heavy atom. The average Bonchev–Trinajstić information content (AvgIpc) is 2.67. The first kappa shape index (κ1) is 12.6. The molecule has 0 bridgehead atoms. The highest BCUT2D eigenvalue weighted by molar-refractivity contribution is 7.11. The van der Waals surface area contributed by atoms with Gasteiger partial charge in [-0.2, -0.15) is 0 Å². The van der Waals surface area contributed by atoms with Crippen LogP contribution in [-0.4, -0.2) is 11.0 Å². The summed E-state index contributed by atoms with van der Waals surface area (Å²) in [5.41, 5.74) is 7.65. The van der Waals surface area contributed by atoms with Gasteiger partial charge in [0, 0.05) is 10.6 Å². The van der Waals surface area contributed by atoms with Gasteiger partial charge in [0.2, 0.25) is 0 Å². The van der Waals surface area contributed by atoms with E-state index in [9.17, 15) is 4.79 Å². The van der Waals surface area contributed by atoms with Gasteiger partial charge in [0.25, 0.3) is 0 Å². The molecule has 2 aromatic rings. The highest BCUT2D eigenvalue weighted by Crippen LogP contribution is 2.17. The van der Waals surface area contributed by atoms with Gasteiger partial charge in [0.1, 0.15) is 11.6 Å². The first-order valence-electron chi connectivity index (χ1n) is 5.52. The summed E-state index contributed by atoms with van der Waals surface area (Å²) in [7, 11) is 0. The summed E-state index contributed by atoms with van der Waals surface area (Å²) in [6, 6.07) is 6.65. The number of hydrogen-bond acceptors (Lipinski definition) is 5. The van der Waals surface area contributed by atoms with Crippen molar-refractivity contribution in [3.05, 3.63) is 45.4 Å². The van der Waals surface area contributed by atoms with Crippen LogP contribution < -0.4 is 5.73 Å². The molecule has 2 N–H and O–H groups in total. The predicted octanol–water partition coefficient (Wildman–Crippen LogP) is 2.70. The fourth-order valence-corrected chi connectivity index (χ4v) is 2.28. The molecule has 0 saturated heterocycles. The molecule has 0 amide bonds. The minimum atomic E-state index is -0.361. The summed E-state index contributed by atoms with van der Waals surface area (Å²) in [4.78, 5) is 17.2. The number of carbonyl (C=O) groups is 1. The Balaban J connectivity index is 1.98. The highest BCUT2D eigenvalue weighted by atomic mass is 32.1. The second kappa shape index (κ2) is 5.18. The quantitative estimate of drug-likeness (QED) is 0.682. The molecule has 1 aromatic carbocycles. The second-order valence-corrected chi connectivity index (χ2v) is 5.24. The minimum absolute atomic E-state index is 0.211. The van der Waals surface area contributed by atoms with Crippen LogP contribution >= 0.6 is 11.3 Å². The Bertz CT molecular complexity index is 541. The lowest BCUT2D eigenvalue weighted by molar-refractivity contribution is 0.0472. The first-order chi connectivity index (χ1) is 8.56. The van der Waals surface area contributed by atoms with E-state index in [2.05, 4.69) is 4.98 Å². The number of nitrogen functional groups attached to an aromatic ring is 1. The molecule has 94 valence electrons. The number of rotatable bonds is 3. The van der Waals surface area contributed by atoms with Crippen LogP contribution in [0.3, 0.4) is 0 Å². The topological polar surface area (TPSA) is 65.2 Å². The molecule has 1 heterocycles. The Labute approximate surface area is 109 Å². The third kappa shape index (κ3) is 2.87. The van der Waals surface area contributed by atoms with Gasteiger partial charge in [-0.1, -0.05) is 0 Å². The van der Waals surface area contributed by atoms with Crippen molar-refractivity contribution in [3.63, 3.8) is 0 Å². The van der Waals surface area contributed by atoms with Gasteiger partial charge in [-0.25, -0.2) is 9.78 Å². The number of aromatic nitrogens is 1. The number of benzene rings is 1. The van der Waals surface area contributed by atoms with Crippen molar-refractivity contribution in [2.24, 2.45) is 0 Å². The Morgan fingerprint density at radius 3 is 2.56 bits per heavy atom. The lowest BCUT2D eigenvalue weighted by Crippen LogP contribution is -2.05. The summed E-state index contributed by atoms with van der Waals surface area (Å²) >= 11 is 1.55. The van der Waals surface area contributed by atoms with Gasteiger partial charge >= 0.3 is 5.97 Å². The zero-order valence-electron chi connectivity index (χ0n) is 10.3. The van der Waals surface area contributed by atoms with Crippen LogP contribution in [0.15, 0.2) is 24.3 Å². The molecule has 18 heavy (non-hydrogen) atoms. The van der Waals surface area contributed by atoms with Crippen molar-refractivity contribution >= 4 is 23.0 Å². The smallest absolute Gasteiger partial charge is 0.338 e. The SMILES string of the molecule is Cc1nc(COC(=O)c2ccc(N)cc2)sc1C. The number of ether oxygens (including phenoxy) is 1. The molecule has 5 heteroatoms. The number of esters is 1. The van der Waals surface area contributed by atoms with Crippen LogP contribution in [0, 0.1) is 13.8 Å². The Hall–Kier alpha value is -1.88. The molecular weight excluding hydrogens is 248 g/mol. The summed E-state index contributed by atoms with van der Waals surface area (Å²) in [5, 5.41) is 0.814. The molecular formula is C13H14N2O2S. The van der Waals surface area contributed by atoms with Gasteiger partial charge in [-0.05, 0) is 38.1 Å². The van der Waals surface area contributed by atoms with Crippen LogP contribution in [0.4, 0.5) is 5.69 Å². The summed E-state index contributed by atoms with van der Waals surface area (Å²) < 4.78 is 5.19. The number of aryl methyl sites for hydroxylation is 2. The van der Waals surface area contributed by atoms with Crippen molar-refractivity contribution in [2.75, 3.05) is 5.73 Å². The van der Waals surface area contributed by atoms with Crippen LogP contribution in [0.5, 0.6) is 0 Å². The van der Waals surface area contributed by atoms with Gasteiger partial charge < -0.3 is 10.5 Å². The Morgan fingerprint density at radius 2 is 2.00 bits per heavy atom. The number of thiazole rings is 1. The van der Waals surface area contributed by atoms with Crippen molar-refractivity contribution < 1.29 is 9.53 Å². The number of hydrogen-bond donors (Lipinski definition) is 1. The van der Waals surface area contributed by atoms with E-state index < -0.39 is 0 Å². The highest BCUT2D eigenvalue weighted by Gasteiger charge is 2.09. The van der Waals surface area contributed by atoms with Gasteiger partial charge in [0.05, 0.1) is 11.3 Å². The van der Waals surface area contributed by atoms with E-state index in [0.29, 0.717) is 11.3 Å². The number of nitrogens with zero attached hydrogens (tertiary/aromatic N) is 1. The van der Waals surface area contributed by atoms with Crippen molar-refractivity contribution in [2.45, 2.75) is 20.5 Å². The lowest BCUT2D eigenvalue weighted by Gasteiger charge is -2.02. The van der Waals surface area contributed by atoms with Crippen LogP contribution in [0.1, 0.15) is 25.9 Å². The Kier molecular flexibility index (Phi) is 3.62. The molecule has 0 spiro atoms. The molecule has 0 unspecified atom stereocenters. The number of nitrogens with two attached hydrogens (primary N) is 1. The molecule has 0 aliphatic heterocycles. The van der Waals surface area contributed by atoms with E-state index in [1.165, 1.54) is 0 Å². The zero-order chi connectivity index (χ0) is 13.1. The van der Waals surface area contributed by atoms with Crippen LogP contribution in [0.25, 0.3) is 0 Å². The summed E-state index contributed by atoms with van der Waals surface area (Å²) in [5.74, 6) is -0.361. The molecule has 2 rings (SSSR count). The van der Waals surface area contributed by atoms with E-state index in [0.717, 1.165) is 15.6 Å². The van der Waals surface area contributed by atoms with Gasteiger partial charge in [-0.15, -0.1) is 11.3 Å². The van der Waals surface area contributed by atoms with Crippen LogP contribution in [0.2, 0.25) is 0 Å². The van der Waals surface area contributed by atoms with E-state index >= 15 is 0 Å².